The molecule has 0 radical (unpaired) electrons. The van der Waals surface area contributed by atoms with Gasteiger partial charge in [-0.25, -0.2) is 0 Å². The third-order valence-electron chi connectivity index (χ3n) is 18.1. The zero-order valence-electron chi connectivity index (χ0n) is 36.0. The Kier molecular flexibility index (Phi) is 9.95. The van der Waals surface area contributed by atoms with Gasteiger partial charge in [0.2, 0.25) is 5.91 Å². The van der Waals surface area contributed by atoms with E-state index in [4.69, 9.17) is 16.3 Å². The Hall–Kier alpha value is -2.67. The largest absolute Gasteiger partial charge is 0.481 e. The monoisotopic (exact) mass is 789 g/mol. The van der Waals surface area contributed by atoms with Gasteiger partial charge in [0.1, 0.15) is 6.10 Å². The first-order valence-corrected chi connectivity index (χ1v) is 22.0. The number of halogens is 1. The van der Waals surface area contributed by atoms with Crippen LogP contribution in [0.3, 0.4) is 0 Å². The number of amides is 1. The minimum atomic E-state index is -0.832. The molecule has 5 fully saturated rings. The van der Waals surface area contributed by atoms with Gasteiger partial charge in [0.25, 0.3) is 0 Å². The summed E-state index contributed by atoms with van der Waals surface area (Å²) in [6.07, 6.45) is 8.84. The Bertz CT molecular complexity index is 1840. The molecule has 0 saturated heterocycles. The van der Waals surface area contributed by atoms with Gasteiger partial charge in [-0.05, 0) is 140 Å². The van der Waals surface area contributed by atoms with Crippen LogP contribution in [0, 0.1) is 68.0 Å². The average Bonchev–Trinajstić information content (AvgIpc) is 3.37. The lowest BCUT2D eigenvalue weighted by molar-refractivity contribution is -0.236. The molecule has 308 valence electrons. The second-order valence-corrected chi connectivity index (χ2v) is 22.6. The zero-order chi connectivity index (χ0) is 41.2. The van der Waals surface area contributed by atoms with Crippen LogP contribution >= 0.6 is 11.6 Å². The molecule has 0 bridgehead atoms. The number of hydrogen-bond acceptors (Lipinski definition) is 5. The fraction of sp³-hybridized carbons (Fsp3) is 0.750. The number of ether oxygens (including phenoxy) is 1. The van der Waals surface area contributed by atoms with Crippen LogP contribution in [0.15, 0.2) is 35.4 Å². The number of hydrogen-bond donors (Lipinski definition) is 2. The van der Waals surface area contributed by atoms with Crippen LogP contribution in [-0.2, 0) is 29.5 Å². The van der Waals surface area contributed by atoms with Crippen molar-refractivity contribution < 1.29 is 29.0 Å². The molecular formula is C48H68ClNO6. The second kappa shape index (κ2) is 13.4. The molecule has 56 heavy (non-hydrogen) atoms. The number of rotatable bonds is 8. The lowest BCUT2D eigenvalue weighted by Crippen LogP contribution is -2.66. The van der Waals surface area contributed by atoms with Crippen LogP contribution in [0.1, 0.15) is 152 Å². The molecule has 1 amide bonds. The number of carboxylic acids is 1. The molecule has 0 spiro atoms. The molecule has 0 aromatic heterocycles. The van der Waals surface area contributed by atoms with Gasteiger partial charge in [0, 0.05) is 28.7 Å². The first kappa shape index (κ1) is 41.5. The Morgan fingerprint density at radius 1 is 0.857 bits per heavy atom. The number of aliphatic carboxylic acids is 1. The average molecular weight is 791 g/mol. The van der Waals surface area contributed by atoms with Crippen LogP contribution in [0.2, 0.25) is 5.02 Å². The van der Waals surface area contributed by atoms with Crippen LogP contribution in [0.4, 0.5) is 0 Å². The van der Waals surface area contributed by atoms with Crippen molar-refractivity contribution in [2.45, 2.75) is 158 Å². The van der Waals surface area contributed by atoms with Crippen LogP contribution < -0.4 is 5.32 Å². The summed E-state index contributed by atoms with van der Waals surface area (Å²) in [4.78, 5) is 53.7. The number of benzene rings is 1. The number of ketones is 1. The van der Waals surface area contributed by atoms with Crippen molar-refractivity contribution >= 4 is 35.2 Å². The molecule has 0 heterocycles. The number of carboxylic acid groups (broad SMARTS) is 1. The maximum absolute atomic E-state index is 14.2. The molecule has 6 aliphatic carbocycles. The van der Waals surface area contributed by atoms with E-state index in [1.807, 2.05) is 52.0 Å². The fourth-order valence-electron chi connectivity index (χ4n) is 14.7. The number of nitrogens with one attached hydrogen (secondary N) is 1. The second-order valence-electron chi connectivity index (χ2n) is 22.1. The van der Waals surface area contributed by atoms with Gasteiger partial charge >= 0.3 is 11.9 Å². The van der Waals surface area contributed by atoms with Gasteiger partial charge in [-0.3, -0.25) is 19.2 Å². The number of carbonyl (C=O) groups excluding carboxylic acids is 3. The lowest BCUT2D eigenvalue weighted by atomic mass is 9.33. The summed E-state index contributed by atoms with van der Waals surface area (Å²) in [7, 11) is 0. The third kappa shape index (κ3) is 5.99. The van der Waals surface area contributed by atoms with Crippen molar-refractivity contribution in [2.24, 2.45) is 68.0 Å². The summed E-state index contributed by atoms with van der Waals surface area (Å²) in [6, 6.07) is 7.66. The molecule has 8 heteroatoms. The molecule has 1 aromatic carbocycles. The first-order valence-electron chi connectivity index (χ1n) is 21.6. The third-order valence-corrected chi connectivity index (χ3v) is 18.4. The van der Waals surface area contributed by atoms with E-state index < -0.39 is 28.3 Å². The van der Waals surface area contributed by atoms with Crippen LogP contribution in [0.25, 0.3) is 0 Å². The van der Waals surface area contributed by atoms with E-state index in [-0.39, 0.29) is 63.2 Å². The topological polar surface area (TPSA) is 110 Å². The van der Waals surface area contributed by atoms with E-state index in [9.17, 15) is 24.3 Å². The van der Waals surface area contributed by atoms with E-state index >= 15 is 0 Å². The molecule has 10 atom stereocenters. The predicted octanol–water partition coefficient (Wildman–Crippen LogP) is 10.7. The minimum absolute atomic E-state index is 0.000886. The van der Waals surface area contributed by atoms with Crippen LogP contribution in [-0.4, -0.2) is 34.8 Å². The number of esters is 1. The standard InChI is InChI=1S/C48H68ClNO6/c1-27(2)38-33(51)25-48(26-37(52)50-44(7,8)28-12-14-29(49)15-13-28)23-22-46(10)30(39(38)48)16-17-35-45(9)20-19-36(43(5,6)34(45)18-21-47(35,46)11)56-41(55)32-24-31(40(53)54)42(32,3)4/h12-15,27,30-32,34-36H,16-26H2,1-11H3,(H,50,52)(H,53,54)/t30-,31+,32-,34+,35-,36+,45+,46-,47-,48+/m1/s1. The highest BCUT2D eigenvalue weighted by Gasteiger charge is 2.70. The number of allylic oxidation sites excluding steroid dienone is 2. The Morgan fingerprint density at radius 2 is 1.52 bits per heavy atom. The fourth-order valence-corrected chi connectivity index (χ4v) is 14.9. The maximum Gasteiger partial charge on any atom is 0.309 e. The van der Waals surface area contributed by atoms with Crippen molar-refractivity contribution in [3.63, 3.8) is 0 Å². The highest BCUT2D eigenvalue weighted by Crippen LogP contribution is 2.77. The highest BCUT2D eigenvalue weighted by molar-refractivity contribution is 6.30. The van der Waals surface area contributed by atoms with E-state index in [1.54, 1.807) is 0 Å². The SMILES string of the molecule is CC(C)C1=C2[C@H]3CC[C@@H]4[C@@]5(C)CC[C@H](OC(=O)[C@H]6C[C@@H](C(=O)O)C6(C)C)C(C)(C)[C@@H]5CC[C@@]4(C)[C@]3(C)CC[C@@]2(CC(=O)NC(C)(C)c2ccc(Cl)cc2)CC1=O. The van der Waals surface area contributed by atoms with E-state index in [1.165, 1.54) is 5.57 Å². The molecule has 5 saturated carbocycles. The van der Waals surface area contributed by atoms with Gasteiger partial charge in [-0.2, -0.15) is 0 Å². The molecule has 6 aliphatic rings. The van der Waals surface area contributed by atoms with Crippen molar-refractivity contribution in [3.8, 4) is 0 Å². The maximum atomic E-state index is 14.2. The van der Waals surface area contributed by atoms with Gasteiger partial charge < -0.3 is 15.2 Å². The number of fused-ring (bicyclic) bond motifs is 7. The van der Waals surface area contributed by atoms with Gasteiger partial charge in [0.05, 0.1) is 17.4 Å². The highest BCUT2D eigenvalue weighted by atomic mass is 35.5. The first-order chi connectivity index (χ1) is 25.9. The van der Waals surface area contributed by atoms with Gasteiger partial charge in [-0.1, -0.05) is 91.6 Å². The molecule has 7 rings (SSSR count). The van der Waals surface area contributed by atoms with Gasteiger partial charge in [-0.15, -0.1) is 0 Å². The lowest BCUT2D eigenvalue weighted by Gasteiger charge is -2.72. The van der Waals surface area contributed by atoms with E-state index in [0.29, 0.717) is 36.1 Å². The summed E-state index contributed by atoms with van der Waals surface area (Å²) < 4.78 is 6.42. The quantitative estimate of drug-likeness (QED) is 0.254. The minimum Gasteiger partial charge on any atom is -0.481 e. The normalized spacial score (nSPS) is 39.8. The summed E-state index contributed by atoms with van der Waals surface area (Å²) in [5.41, 5.74) is 1.55. The molecular weight excluding hydrogens is 722 g/mol. The van der Waals surface area contributed by atoms with Crippen molar-refractivity contribution in [2.75, 3.05) is 0 Å². The Labute approximate surface area is 340 Å². The van der Waals surface area contributed by atoms with Crippen molar-refractivity contribution in [1.29, 1.82) is 0 Å². The molecule has 7 nitrogen and oxygen atoms in total. The van der Waals surface area contributed by atoms with Gasteiger partial charge in [0.15, 0.2) is 5.78 Å². The predicted molar refractivity (Wildman–Crippen MR) is 220 cm³/mol. The van der Waals surface area contributed by atoms with Crippen molar-refractivity contribution in [3.05, 3.63) is 46.0 Å². The van der Waals surface area contributed by atoms with Crippen LogP contribution in [0.5, 0.6) is 0 Å². The molecule has 2 N–H and O–H groups in total. The summed E-state index contributed by atoms with van der Waals surface area (Å²) in [6.45, 7) is 24.4. The summed E-state index contributed by atoms with van der Waals surface area (Å²) >= 11 is 6.18. The molecule has 1 aromatic rings. The molecule has 0 aliphatic heterocycles. The zero-order valence-corrected chi connectivity index (χ0v) is 36.8. The van der Waals surface area contributed by atoms with E-state index in [0.717, 1.165) is 62.5 Å². The smallest absolute Gasteiger partial charge is 0.309 e. The Balaban J connectivity index is 1.14. The number of carbonyl (C=O) groups is 4. The van der Waals surface area contributed by atoms with E-state index in [2.05, 4.69) is 53.8 Å². The van der Waals surface area contributed by atoms with Crippen molar-refractivity contribution in [1.82, 2.24) is 5.32 Å². The molecule has 0 unspecified atom stereocenters. The summed E-state index contributed by atoms with van der Waals surface area (Å²) in [5, 5.41) is 13.7. The summed E-state index contributed by atoms with van der Waals surface area (Å²) in [5.74, 6) is -0.484. The number of Topliss-reactive ketones (excluding diaryl/α,β-unsaturated/α-hetero) is 1. The Morgan fingerprint density at radius 3 is 2.12 bits per heavy atom.